The molecule has 0 radical (unpaired) electrons. The summed E-state index contributed by atoms with van der Waals surface area (Å²) < 4.78 is 62.6. The highest BCUT2D eigenvalue weighted by Gasteiger charge is 2.33. The van der Waals surface area contributed by atoms with E-state index in [-0.39, 0.29) is 17.5 Å². The van der Waals surface area contributed by atoms with Crippen molar-refractivity contribution >= 4 is 19.7 Å². The molecule has 0 N–H and O–H groups in total. The molecule has 0 aliphatic rings. The van der Waals surface area contributed by atoms with Crippen LogP contribution in [0.25, 0.3) is 0 Å². The largest absolute Gasteiger partial charge is 0.573 e. The van der Waals surface area contributed by atoms with Gasteiger partial charge in [0, 0.05) is 16.7 Å². The lowest BCUT2D eigenvalue weighted by molar-refractivity contribution is -0.274. The van der Waals surface area contributed by atoms with Crippen molar-refractivity contribution in [2.24, 2.45) is 0 Å². The summed E-state index contributed by atoms with van der Waals surface area (Å²) in [5, 5.41) is 8.84. The lowest BCUT2D eigenvalue weighted by Crippen LogP contribution is -2.18. The van der Waals surface area contributed by atoms with Crippen LogP contribution in [-0.4, -0.2) is 14.8 Å². The first kappa shape index (κ1) is 15.6. The maximum Gasteiger partial charge on any atom is 0.573 e. The van der Waals surface area contributed by atoms with Gasteiger partial charge in [-0.15, -0.1) is 13.2 Å². The zero-order chi connectivity index (χ0) is 14.8. The molecule has 0 bridgehead atoms. The predicted octanol–water partition coefficient (Wildman–Crippen LogP) is 2.95. The molecule has 19 heavy (non-hydrogen) atoms. The van der Waals surface area contributed by atoms with Crippen LogP contribution in [0.15, 0.2) is 17.0 Å². The fourth-order valence-corrected chi connectivity index (χ4v) is 2.19. The van der Waals surface area contributed by atoms with Crippen LogP contribution in [0.1, 0.15) is 18.1 Å². The Hall–Kier alpha value is -1.46. The molecular formula is C10H7ClF3NO3S. The molecule has 104 valence electrons. The Balaban J connectivity index is 3.55. The predicted molar refractivity (Wildman–Crippen MR) is 60.3 cm³/mol. The maximum atomic E-state index is 12.2. The third-order valence-electron chi connectivity index (χ3n) is 2.16. The standard InChI is InChI=1S/C10H7ClF3NO3S/c1-2-6-3-7(19(11,16)17)4-9(8(6)5-15)18-10(12,13)14/h3-4H,2H2,1H3. The fourth-order valence-electron chi connectivity index (χ4n) is 1.40. The summed E-state index contributed by atoms with van der Waals surface area (Å²) in [7, 11) is 0.856. The molecule has 4 nitrogen and oxygen atoms in total. The normalized spacial score (nSPS) is 12.0. The molecule has 0 fully saturated rings. The number of halogens is 4. The molecule has 0 aliphatic carbocycles. The Bertz CT molecular complexity index is 635. The average Bonchev–Trinajstić information content (AvgIpc) is 2.24. The Morgan fingerprint density at radius 2 is 2.00 bits per heavy atom. The molecule has 0 aromatic heterocycles. The monoisotopic (exact) mass is 313 g/mol. The van der Waals surface area contributed by atoms with Crippen LogP contribution in [0.3, 0.4) is 0 Å². The number of rotatable bonds is 3. The van der Waals surface area contributed by atoms with Crippen molar-refractivity contribution in [1.29, 1.82) is 5.26 Å². The lowest BCUT2D eigenvalue weighted by Gasteiger charge is -2.13. The number of benzene rings is 1. The quantitative estimate of drug-likeness (QED) is 0.805. The Morgan fingerprint density at radius 3 is 2.37 bits per heavy atom. The molecule has 0 spiro atoms. The van der Waals surface area contributed by atoms with E-state index >= 15 is 0 Å². The average molecular weight is 314 g/mol. The van der Waals surface area contributed by atoms with Gasteiger partial charge >= 0.3 is 6.36 Å². The SMILES string of the molecule is CCc1cc(S(=O)(=O)Cl)cc(OC(F)(F)F)c1C#N. The van der Waals surface area contributed by atoms with E-state index in [9.17, 15) is 21.6 Å². The smallest absolute Gasteiger partial charge is 0.404 e. The number of nitriles is 1. The first-order chi connectivity index (χ1) is 8.58. The molecule has 0 amide bonds. The van der Waals surface area contributed by atoms with Crippen molar-refractivity contribution in [2.75, 3.05) is 0 Å². The topological polar surface area (TPSA) is 67.2 Å². The summed E-state index contributed by atoms with van der Waals surface area (Å²) in [6, 6.07) is 3.18. The van der Waals surface area contributed by atoms with Crippen LogP contribution >= 0.6 is 10.7 Å². The van der Waals surface area contributed by atoms with E-state index in [1.165, 1.54) is 0 Å². The van der Waals surface area contributed by atoms with Gasteiger partial charge in [0.15, 0.2) is 0 Å². The molecule has 1 rings (SSSR count). The molecule has 0 saturated heterocycles. The Labute approximate surface area is 111 Å². The zero-order valence-electron chi connectivity index (χ0n) is 9.45. The van der Waals surface area contributed by atoms with Crippen LogP contribution in [0.2, 0.25) is 0 Å². The van der Waals surface area contributed by atoms with Gasteiger partial charge in [0.2, 0.25) is 0 Å². The van der Waals surface area contributed by atoms with Crippen molar-refractivity contribution in [3.05, 3.63) is 23.3 Å². The van der Waals surface area contributed by atoms with Crippen molar-refractivity contribution in [1.82, 2.24) is 0 Å². The number of hydrogen-bond acceptors (Lipinski definition) is 4. The van der Waals surface area contributed by atoms with E-state index in [0.29, 0.717) is 6.07 Å². The minimum atomic E-state index is -5.04. The van der Waals surface area contributed by atoms with Gasteiger partial charge in [-0.1, -0.05) is 6.92 Å². The molecule has 0 atom stereocenters. The lowest BCUT2D eigenvalue weighted by atomic mass is 10.1. The van der Waals surface area contributed by atoms with E-state index in [4.69, 9.17) is 15.9 Å². The summed E-state index contributed by atoms with van der Waals surface area (Å²) in [5.41, 5.74) is -0.271. The molecule has 0 heterocycles. The molecule has 0 unspecified atom stereocenters. The highest BCUT2D eigenvalue weighted by molar-refractivity contribution is 8.13. The van der Waals surface area contributed by atoms with Crippen molar-refractivity contribution in [3.8, 4) is 11.8 Å². The van der Waals surface area contributed by atoms with E-state index in [2.05, 4.69) is 4.74 Å². The molecule has 1 aromatic carbocycles. The minimum Gasteiger partial charge on any atom is -0.404 e. The van der Waals surface area contributed by atoms with E-state index in [1.54, 1.807) is 13.0 Å². The molecular weight excluding hydrogens is 307 g/mol. The number of nitrogens with zero attached hydrogens (tertiary/aromatic N) is 1. The maximum absolute atomic E-state index is 12.2. The highest BCUT2D eigenvalue weighted by Crippen LogP contribution is 2.32. The van der Waals surface area contributed by atoms with Gasteiger partial charge in [0.1, 0.15) is 11.8 Å². The van der Waals surface area contributed by atoms with Crippen LogP contribution in [-0.2, 0) is 15.5 Å². The number of alkyl halides is 3. The molecule has 9 heteroatoms. The first-order valence-corrected chi connectivity index (χ1v) is 7.17. The van der Waals surface area contributed by atoms with Crippen molar-refractivity contribution in [3.63, 3.8) is 0 Å². The van der Waals surface area contributed by atoms with E-state index < -0.39 is 26.1 Å². The summed E-state index contributed by atoms with van der Waals surface area (Å²) in [4.78, 5) is -0.552. The van der Waals surface area contributed by atoms with Gasteiger partial charge in [0.25, 0.3) is 9.05 Å². The summed E-state index contributed by atoms with van der Waals surface area (Å²) >= 11 is 0. The minimum absolute atomic E-state index is 0.100. The molecule has 0 saturated carbocycles. The summed E-state index contributed by atoms with van der Waals surface area (Å²) in [6.07, 6.45) is -4.89. The van der Waals surface area contributed by atoms with Gasteiger partial charge in [-0.3, -0.25) is 0 Å². The van der Waals surface area contributed by atoms with Gasteiger partial charge in [0.05, 0.1) is 10.5 Å². The third kappa shape index (κ3) is 4.01. The molecule has 0 aliphatic heterocycles. The van der Waals surface area contributed by atoms with Gasteiger partial charge in [-0.2, -0.15) is 5.26 Å². The van der Waals surface area contributed by atoms with Crippen LogP contribution in [0.5, 0.6) is 5.75 Å². The zero-order valence-corrected chi connectivity index (χ0v) is 11.0. The van der Waals surface area contributed by atoms with Crippen LogP contribution in [0.4, 0.5) is 13.2 Å². The third-order valence-corrected chi connectivity index (χ3v) is 3.49. The number of hydrogen-bond donors (Lipinski definition) is 0. The van der Waals surface area contributed by atoms with Crippen LogP contribution < -0.4 is 4.74 Å². The Morgan fingerprint density at radius 1 is 1.42 bits per heavy atom. The second-order valence-electron chi connectivity index (χ2n) is 3.41. The fraction of sp³-hybridized carbons (Fsp3) is 0.300. The van der Waals surface area contributed by atoms with Gasteiger partial charge < -0.3 is 4.74 Å². The van der Waals surface area contributed by atoms with Crippen molar-refractivity contribution < 1.29 is 26.3 Å². The Kier molecular flexibility index (Phi) is 4.32. The van der Waals surface area contributed by atoms with E-state index in [1.807, 2.05) is 0 Å². The van der Waals surface area contributed by atoms with Gasteiger partial charge in [-0.25, -0.2) is 8.42 Å². The number of ether oxygens (including phenoxy) is 1. The van der Waals surface area contributed by atoms with E-state index in [0.717, 1.165) is 6.07 Å². The summed E-state index contributed by atoms with van der Waals surface area (Å²) in [5.74, 6) is -0.881. The van der Waals surface area contributed by atoms with Gasteiger partial charge in [-0.05, 0) is 18.1 Å². The summed E-state index contributed by atoms with van der Waals surface area (Å²) in [6.45, 7) is 1.55. The molecule has 1 aromatic rings. The first-order valence-electron chi connectivity index (χ1n) is 4.86. The van der Waals surface area contributed by atoms with Crippen LogP contribution in [0, 0.1) is 11.3 Å². The second kappa shape index (κ2) is 5.27. The van der Waals surface area contributed by atoms with Crippen molar-refractivity contribution in [2.45, 2.75) is 24.6 Å². The second-order valence-corrected chi connectivity index (χ2v) is 5.97. The number of aryl methyl sites for hydroxylation is 1. The highest BCUT2D eigenvalue weighted by atomic mass is 35.7.